The molecule has 4 rings (SSSR count). The molecule has 3 heterocycles. The normalized spacial score (nSPS) is 26.0. The number of carbonyl (C=O) groups is 1. The lowest BCUT2D eigenvalue weighted by atomic mass is 9.91. The Bertz CT molecular complexity index is 686. The van der Waals surface area contributed by atoms with Crippen molar-refractivity contribution in [3.63, 3.8) is 0 Å². The number of ketones is 1. The van der Waals surface area contributed by atoms with Crippen LogP contribution < -0.4 is 0 Å². The summed E-state index contributed by atoms with van der Waals surface area (Å²) < 4.78 is 6.08. The summed E-state index contributed by atoms with van der Waals surface area (Å²) in [5, 5.41) is 0. The summed E-state index contributed by atoms with van der Waals surface area (Å²) in [6, 6.07) is 8.85. The van der Waals surface area contributed by atoms with E-state index in [1.54, 1.807) is 6.92 Å². The molecule has 0 spiro atoms. The zero-order valence-electron chi connectivity index (χ0n) is 19.4. The van der Waals surface area contributed by atoms with Crippen molar-refractivity contribution >= 4 is 5.78 Å². The van der Waals surface area contributed by atoms with Gasteiger partial charge in [0.2, 0.25) is 0 Å². The van der Waals surface area contributed by atoms with Gasteiger partial charge in [0, 0.05) is 57.5 Å². The van der Waals surface area contributed by atoms with Crippen LogP contribution in [-0.2, 0) is 11.3 Å². The van der Waals surface area contributed by atoms with Crippen molar-refractivity contribution in [1.29, 1.82) is 0 Å². The van der Waals surface area contributed by atoms with E-state index >= 15 is 0 Å². The van der Waals surface area contributed by atoms with Gasteiger partial charge in [-0.15, -0.1) is 0 Å². The second-order valence-corrected chi connectivity index (χ2v) is 9.91. The van der Waals surface area contributed by atoms with E-state index in [4.69, 9.17) is 4.74 Å². The minimum absolute atomic E-state index is 0.142. The Morgan fingerprint density at radius 3 is 2.55 bits per heavy atom. The number of ether oxygens (including phenoxy) is 1. The molecule has 0 N–H and O–H groups in total. The Kier molecular flexibility index (Phi) is 8.54. The number of carbonyl (C=O) groups excluding carboxylic acids is 1. The van der Waals surface area contributed by atoms with Crippen molar-refractivity contribution in [2.75, 3.05) is 59.0 Å². The van der Waals surface area contributed by atoms with Gasteiger partial charge in [-0.1, -0.05) is 30.7 Å². The molecule has 0 radical (unpaired) electrons. The Labute approximate surface area is 188 Å². The van der Waals surface area contributed by atoms with Gasteiger partial charge >= 0.3 is 0 Å². The third kappa shape index (κ3) is 6.85. The SMILES string of the molecule is CC(=O)c1ccc(CN2CCN3C[C@H](COCCCN4CCCCC4)CC[C@H]3C2)cc1. The molecule has 1 aromatic carbocycles. The Hall–Kier alpha value is -1.27. The highest BCUT2D eigenvalue weighted by atomic mass is 16.5. The molecule has 0 aliphatic carbocycles. The highest BCUT2D eigenvalue weighted by molar-refractivity contribution is 5.93. The fourth-order valence-electron chi connectivity index (χ4n) is 5.53. The molecule has 3 fully saturated rings. The highest BCUT2D eigenvalue weighted by Crippen LogP contribution is 2.26. The quantitative estimate of drug-likeness (QED) is 0.444. The summed E-state index contributed by atoms with van der Waals surface area (Å²) in [5.41, 5.74) is 2.12. The summed E-state index contributed by atoms with van der Waals surface area (Å²) in [6.07, 6.45) is 7.95. The van der Waals surface area contributed by atoms with Crippen LogP contribution in [-0.4, -0.2) is 85.6 Å². The lowest BCUT2D eigenvalue weighted by molar-refractivity contribution is -0.00316. The molecule has 0 unspecified atom stereocenters. The van der Waals surface area contributed by atoms with Crippen LogP contribution in [0.25, 0.3) is 0 Å². The number of piperidine rings is 2. The van der Waals surface area contributed by atoms with E-state index in [1.807, 2.05) is 12.1 Å². The number of likely N-dealkylation sites (tertiary alicyclic amines) is 1. The first-order valence-corrected chi connectivity index (χ1v) is 12.5. The van der Waals surface area contributed by atoms with E-state index < -0.39 is 0 Å². The van der Waals surface area contributed by atoms with Gasteiger partial charge in [0.05, 0.1) is 6.61 Å². The number of fused-ring (bicyclic) bond motifs is 1. The second kappa shape index (κ2) is 11.6. The molecular formula is C26H41N3O2. The average molecular weight is 428 g/mol. The maximum Gasteiger partial charge on any atom is 0.159 e. The maximum absolute atomic E-state index is 11.5. The van der Waals surface area contributed by atoms with E-state index in [1.165, 1.54) is 76.8 Å². The number of rotatable bonds is 9. The summed E-state index contributed by atoms with van der Waals surface area (Å²) in [4.78, 5) is 19.4. The first-order chi connectivity index (χ1) is 15.2. The molecule has 3 aliphatic heterocycles. The topological polar surface area (TPSA) is 36.0 Å². The van der Waals surface area contributed by atoms with Crippen molar-refractivity contribution < 1.29 is 9.53 Å². The van der Waals surface area contributed by atoms with Crippen LogP contribution in [0.4, 0.5) is 0 Å². The fraction of sp³-hybridized carbons (Fsp3) is 0.731. The van der Waals surface area contributed by atoms with Crippen LogP contribution in [0.2, 0.25) is 0 Å². The molecular weight excluding hydrogens is 386 g/mol. The molecule has 1 aromatic rings. The van der Waals surface area contributed by atoms with Gasteiger partial charge in [-0.05, 0) is 63.6 Å². The maximum atomic E-state index is 11.5. The second-order valence-electron chi connectivity index (χ2n) is 9.91. The molecule has 0 aromatic heterocycles. The Balaban J connectivity index is 1.12. The van der Waals surface area contributed by atoms with Gasteiger partial charge in [-0.2, -0.15) is 0 Å². The standard InChI is InChI=1S/C26H41N3O2/c1-22(30)25-9-6-23(7-10-25)18-28-15-16-29-19-24(8-11-26(29)20-28)21-31-17-5-14-27-12-3-2-4-13-27/h6-7,9-10,24,26H,2-5,8,11-21H2,1H3/t24-,26+/m1/s1. The van der Waals surface area contributed by atoms with E-state index in [9.17, 15) is 4.79 Å². The number of piperazine rings is 1. The third-order valence-electron chi connectivity index (χ3n) is 7.42. The van der Waals surface area contributed by atoms with Crippen molar-refractivity contribution in [2.45, 2.75) is 58.0 Å². The molecule has 2 atom stereocenters. The van der Waals surface area contributed by atoms with Crippen LogP contribution >= 0.6 is 0 Å². The van der Waals surface area contributed by atoms with E-state index in [-0.39, 0.29) is 5.78 Å². The van der Waals surface area contributed by atoms with Gasteiger partial charge in [0.25, 0.3) is 0 Å². The molecule has 5 heteroatoms. The third-order valence-corrected chi connectivity index (χ3v) is 7.42. The minimum atomic E-state index is 0.142. The van der Waals surface area contributed by atoms with Crippen LogP contribution in [0, 0.1) is 5.92 Å². The predicted molar refractivity (Wildman–Crippen MR) is 126 cm³/mol. The van der Waals surface area contributed by atoms with Crippen molar-refractivity contribution in [3.05, 3.63) is 35.4 Å². The van der Waals surface area contributed by atoms with Gasteiger partial charge in [-0.25, -0.2) is 0 Å². The van der Waals surface area contributed by atoms with E-state index in [2.05, 4.69) is 26.8 Å². The first-order valence-electron chi connectivity index (χ1n) is 12.5. The Morgan fingerprint density at radius 1 is 0.968 bits per heavy atom. The van der Waals surface area contributed by atoms with Gasteiger partial charge < -0.3 is 9.64 Å². The predicted octanol–water partition coefficient (Wildman–Crippen LogP) is 3.68. The number of hydrogen-bond donors (Lipinski definition) is 0. The lowest BCUT2D eigenvalue weighted by Crippen LogP contribution is -2.56. The molecule has 172 valence electrons. The lowest BCUT2D eigenvalue weighted by Gasteiger charge is -2.46. The monoisotopic (exact) mass is 427 g/mol. The molecule has 0 bridgehead atoms. The summed E-state index contributed by atoms with van der Waals surface area (Å²) in [6.45, 7) is 13.0. The fourth-order valence-corrected chi connectivity index (χ4v) is 5.53. The largest absolute Gasteiger partial charge is 0.381 e. The van der Waals surface area contributed by atoms with Gasteiger partial charge in [0.1, 0.15) is 0 Å². The van der Waals surface area contributed by atoms with Gasteiger partial charge in [-0.3, -0.25) is 14.6 Å². The smallest absolute Gasteiger partial charge is 0.159 e. The molecule has 0 saturated carbocycles. The molecule has 5 nitrogen and oxygen atoms in total. The van der Waals surface area contributed by atoms with Crippen LogP contribution in [0.5, 0.6) is 0 Å². The number of Topliss-reactive ketones (excluding diaryl/α,β-unsaturated/α-hetero) is 1. The van der Waals surface area contributed by atoms with Crippen LogP contribution in [0.15, 0.2) is 24.3 Å². The number of nitrogens with zero attached hydrogens (tertiary/aromatic N) is 3. The summed E-state index contributed by atoms with van der Waals surface area (Å²) in [7, 11) is 0. The first kappa shape index (κ1) is 22.9. The van der Waals surface area contributed by atoms with Crippen molar-refractivity contribution in [1.82, 2.24) is 14.7 Å². The minimum Gasteiger partial charge on any atom is -0.381 e. The molecule has 3 saturated heterocycles. The molecule has 0 amide bonds. The summed E-state index contributed by atoms with van der Waals surface area (Å²) >= 11 is 0. The van der Waals surface area contributed by atoms with E-state index in [0.29, 0.717) is 12.0 Å². The molecule has 31 heavy (non-hydrogen) atoms. The Morgan fingerprint density at radius 2 is 1.77 bits per heavy atom. The average Bonchev–Trinajstić information content (AvgIpc) is 2.80. The van der Waals surface area contributed by atoms with Gasteiger partial charge in [0.15, 0.2) is 5.78 Å². The number of hydrogen-bond acceptors (Lipinski definition) is 5. The van der Waals surface area contributed by atoms with Crippen molar-refractivity contribution in [3.8, 4) is 0 Å². The number of benzene rings is 1. The van der Waals surface area contributed by atoms with Crippen molar-refractivity contribution in [2.24, 2.45) is 5.92 Å². The van der Waals surface area contributed by atoms with E-state index in [0.717, 1.165) is 38.4 Å². The zero-order chi connectivity index (χ0) is 21.5. The molecule has 3 aliphatic rings. The highest BCUT2D eigenvalue weighted by Gasteiger charge is 2.32. The van der Waals surface area contributed by atoms with Crippen LogP contribution in [0.1, 0.15) is 61.4 Å². The summed E-state index contributed by atoms with van der Waals surface area (Å²) in [5.74, 6) is 0.847. The van der Waals surface area contributed by atoms with Crippen LogP contribution in [0.3, 0.4) is 0 Å². The zero-order valence-corrected chi connectivity index (χ0v) is 19.4.